The van der Waals surface area contributed by atoms with E-state index in [0.717, 1.165) is 0 Å². The second kappa shape index (κ2) is 5.54. The summed E-state index contributed by atoms with van der Waals surface area (Å²) in [5.74, 6) is 0.893. The van der Waals surface area contributed by atoms with E-state index in [4.69, 9.17) is 21.6 Å². The molecule has 0 spiro atoms. The first-order valence-corrected chi connectivity index (χ1v) is 5.68. The smallest absolute Gasteiger partial charge is 0.146 e. The number of nitrogens with zero attached hydrogens (tertiary/aromatic N) is 1. The van der Waals surface area contributed by atoms with Crippen LogP contribution in [-0.4, -0.2) is 5.11 Å². The normalized spacial score (nSPS) is 9.83. The third-order valence-electron chi connectivity index (χ3n) is 2.43. The Labute approximate surface area is 110 Å². The van der Waals surface area contributed by atoms with Crippen LogP contribution < -0.4 is 4.74 Å². The van der Waals surface area contributed by atoms with Crippen molar-refractivity contribution in [1.82, 2.24) is 0 Å². The van der Waals surface area contributed by atoms with Crippen molar-refractivity contribution in [1.29, 1.82) is 5.26 Å². The predicted octanol–water partition coefficient (Wildman–Crippen LogP) is 3.50. The number of hydrogen-bond acceptors (Lipinski definition) is 3. The molecule has 1 N–H and O–H groups in total. The highest BCUT2D eigenvalue weighted by molar-refractivity contribution is 6.30. The van der Waals surface area contributed by atoms with Crippen LogP contribution in [0.5, 0.6) is 11.5 Å². The molecule has 0 unspecified atom stereocenters. The van der Waals surface area contributed by atoms with Gasteiger partial charge in [0.05, 0.1) is 12.2 Å². The number of aliphatic hydroxyl groups excluding tert-OH is 1. The molecule has 4 heteroatoms. The Morgan fingerprint density at radius 1 is 1.17 bits per heavy atom. The number of aliphatic hydroxyl groups is 1. The molecule has 0 saturated heterocycles. The van der Waals surface area contributed by atoms with Crippen molar-refractivity contribution in [3.63, 3.8) is 0 Å². The van der Waals surface area contributed by atoms with E-state index in [2.05, 4.69) is 0 Å². The molecule has 3 nitrogen and oxygen atoms in total. The van der Waals surface area contributed by atoms with Crippen LogP contribution in [0.3, 0.4) is 0 Å². The lowest BCUT2D eigenvalue weighted by Gasteiger charge is -2.10. The first-order valence-electron chi connectivity index (χ1n) is 5.31. The van der Waals surface area contributed by atoms with Gasteiger partial charge in [-0.3, -0.25) is 0 Å². The van der Waals surface area contributed by atoms with E-state index < -0.39 is 0 Å². The lowest BCUT2D eigenvalue weighted by Crippen LogP contribution is -1.93. The number of para-hydroxylation sites is 1. The number of halogens is 1. The van der Waals surface area contributed by atoms with E-state index >= 15 is 0 Å². The summed E-state index contributed by atoms with van der Waals surface area (Å²) in [6.07, 6.45) is 0. The first kappa shape index (κ1) is 12.4. The Balaban J connectivity index is 2.40. The topological polar surface area (TPSA) is 53.2 Å². The summed E-state index contributed by atoms with van der Waals surface area (Å²) >= 11 is 5.87. The number of rotatable bonds is 3. The molecule has 2 aromatic carbocycles. The average molecular weight is 260 g/mol. The molecular weight excluding hydrogens is 250 g/mol. The second-order valence-corrected chi connectivity index (χ2v) is 4.06. The van der Waals surface area contributed by atoms with Crippen LogP contribution in [0, 0.1) is 11.3 Å². The third kappa shape index (κ3) is 2.62. The summed E-state index contributed by atoms with van der Waals surface area (Å²) in [7, 11) is 0. The summed E-state index contributed by atoms with van der Waals surface area (Å²) in [6, 6.07) is 13.9. The number of hydrogen-bond donors (Lipinski definition) is 1. The highest BCUT2D eigenvalue weighted by atomic mass is 35.5. The molecule has 0 amide bonds. The molecule has 0 saturated carbocycles. The molecule has 0 aliphatic heterocycles. The fourth-order valence-corrected chi connectivity index (χ4v) is 1.69. The zero-order valence-corrected chi connectivity index (χ0v) is 10.2. The van der Waals surface area contributed by atoms with Gasteiger partial charge in [0.1, 0.15) is 17.6 Å². The van der Waals surface area contributed by atoms with Crippen molar-refractivity contribution < 1.29 is 9.84 Å². The molecular formula is C14H10ClNO2. The van der Waals surface area contributed by atoms with Crippen molar-refractivity contribution in [3.8, 4) is 17.6 Å². The van der Waals surface area contributed by atoms with Crippen molar-refractivity contribution in [2.75, 3.05) is 0 Å². The minimum absolute atomic E-state index is 0.126. The SMILES string of the molecule is N#Cc1ccc(Cl)cc1Oc1ccccc1CO. The molecule has 2 aromatic rings. The molecule has 0 radical (unpaired) electrons. The summed E-state index contributed by atoms with van der Waals surface area (Å²) < 4.78 is 5.64. The Morgan fingerprint density at radius 2 is 1.94 bits per heavy atom. The summed E-state index contributed by atoms with van der Waals surface area (Å²) in [5, 5.41) is 18.7. The van der Waals surface area contributed by atoms with E-state index in [1.807, 2.05) is 12.1 Å². The Hall–Kier alpha value is -2.02. The molecule has 0 fully saturated rings. The summed E-state index contributed by atoms with van der Waals surface area (Å²) in [5.41, 5.74) is 1.05. The van der Waals surface area contributed by atoms with Gasteiger partial charge in [0.25, 0.3) is 0 Å². The maximum atomic E-state index is 9.21. The van der Waals surface area contributed by atoms with E-state index in [1.54, 1.807) is 36.4 Å². The zero-order valence-electron chi connectivity index (χ0n) is 9.43. The molecule has 0 heterocycles. The van der Waals surface area contributed by atoms with E-state index in [0.29, 0.717) is 27.6 Å². The maximum absolute atomic E-state index is 9.21. The van der Waals surface area contributed by atoms with Crippen molar-refractivity contribution in [2.24, 2.45) is 0 Å². The maximum Gasteiger partial charge on any atom is 0.146 e. The largest absolute Gasteiger partial charge is 0.456 e. The second-order valence-electron chi connectivity index (χ2n) is 3.62. The fourth-order valence-electron chi connectivity index (χ4n) is 1.53. The first-order chi connectivity index (χ1) is 8.74. The molecule has 0 atom stereocenters. The van der Waals surface area contributed by atoms with E-state index in [1.165, 1.54) is 0 Å². The van der Waals surface area contributed by atoms with E-state index in [9.17, 15) is 5.11 Å². The van der Waals surface area contributed by atoms with E-state index in [-0.39, 0.29) is 6.61 Å². The van der Waals surface area contributed by atoms with Crippen molar-refractivity contribution in [2.45, 2.75) is 6.61 Å². The number of nitriles is 1. The highest BCUT2D eigenvalue weighted by Gasteiger charge is 2.08. The monoisotopic (exact) mass is 259 g/mol. The minimum atomic E-state index is -0.126. The Morgan fingerprint density at radius 3 is 2.67 bits per heavy atom. The third-order valence-corrected chi connectivity index (χ3v) is 2.66. The minimum Gasteiger partial charge on any atom is -0.456 e. The van der Waals surface area contributed by atoms with Crippen LogP contribution in [0.15, 0.2) is 42.5 Å². The molecule has 90 valence electrons. The van der Waals surface area contributed by atoms with Gasteiger partial charge in [-0.1, -0.05) is 29.8 Å². The number of ether oxygens (including phenoxy) is 1. The highest BCUT2D eigenvalue weighted by Crippen LogP contribution is 2.30. The predicted molar refractivity (Wildman–Crippen MR) is 68.6 cm³/mol. The van der Waals surface area contributed by atoms with Crippen LogP contribution in [0.4, 0.5) is 0 Å². The molecule has 0 bridgehead atoms. The van der Waals surface area contributed by atoms with Gasteiger partial charge in [0, 0.05) is 16.7 Å². The standard InChI is InChI=1S/C14H10ClNO2/c15-12-6-5-10(8-16)14(7-12)18-13-4-2-1-3-11(13)9-17/h1-7,17H,9H2. The van der Waals surface area contributed by atoms with Gasteiger partial charge in [-0.25, -0.2) is 0 Å². The van der Waals surface area contributed by atoms with Gasteiger partial charge in [0.15, 0.2) is 0 Å². The average Bonchev–Trinajstić information content (AvgIpc) is 2.40. The van der Waals surface area contributed by atoms with Crippen LogP contribution in [0.1, 0.15) is 11.1 Å². The van der Waals surface area contributed by atoms with Crippen LogP contribution >= 0.6 is 11.6 Å². The fraction of sp³-hybridized carbons (Fsp3) is 0.0714. The molecule has 0 aliphatic rings. The van der Waals surface area contributed by atoms with Gasteiger partial charge < -0.3 is 9.84 Å². The zero-order chi connectivity index (χ0) is 13.0. The molecule has 0 aromatic heterocycles. The quantitative estimate of drug-likeness (QED) is 0.918. The Bertz CT molecular complexity index is 605. The molecule has 2 rings (SSSR count). The van der Waals surface area contributed by atoms with Gasteiger partial charge in [-0.15, -0.1) is 0 Å². The van der Waals surface area contributed by atoms with Crippen LogP contribution in [0.2, 0.25) is 5.02 Å². The van der Waals surface area contributed by atoms with Crippen molar-refractivity contribution >= 4 is 11.6 Å². The summed E-state index contributed by atoms with van der Waals surface area (Å²) in [6.45, 7) is -0.126. The molecule has 0 aliphatic carbocycles. The molecule has 18 heavy (non-hydrogen) atoms. The van der Waals surface area contributed by atoms with Crippen LogP contribution in [0.25, 0.3) is 0 Å². The summed E-state index contributed by atoms with van der Waals surface area (Å²) in [4.78, 5) is 0. The van der Waals surface area contributed by atoms with Gasteiger partial charge in [-0.2, -0.15) is 5.26 Å². The Kier molecular flexibility index (Phi) is 3.83. The van der Waals surface area contributed by atoms with Gasteiger partial charge in [0.2, 0.25) is 0 Å². The van der Waals surface area contributed by atoms with Gasteiger partial charge >= 0.3 is 0 Å². The lowest BCUT2D eigenvalue weighted by molar-refractivity contribution is 0.276. The lowest BCUT2D eigenvalue weighted by atomic mass is 10.2. The van der Waals surface area contributed by atoms with Crippen LogP contribution in [-0.2, 0) is 6.61 Å². The van der Waals surface area contributed by atoms with Crippen molar-refractivity contribution in [3.05, 3.63) is 58.6 Å². The van der Waals surface area contributed by atoms with Gasteiger partial charge in [-0.05, 0) is 18.2 Å². The number of benzene rings is 2.